The van der Waals surface area contributed by atoms with Crippen molar-refractivity contribution in [2.75, 3.05) is 0 Å². The monoisotopic (exact) mass is 365 g/mol. The Balaban J connectivity index is -0.000000720. The maximum absolute atomic E-state index is 10.1. The van der Waals surface area contributed by atoms with Gasteiger partial charge >= 0.3 is 91.0 Å². The van der Waals surface area contributed by atoms with Crippen LogP contribution in [-0.4, -0.2) is 120 Å². The molecule has 0 saturated heterocycles. The molecule has 0 radical (unpaired) electrons. The summed E-state index contributed by atoms with van der Waals surface area (Å²) in [5.74, 6) is -5.98. The molecule has 15 heavy (non-hydrogen) atoms. The van der Waals surface area contributed by atoms with Crippen molar-refractivity contribution >= 4 is 109 Å². The van der Waals surface area contributed by atoms with E-state index in [1.54, 1.807) is 0 Å². The van der Waals surface area contributed by atoms with Gasteiger partial charge in [-0.15, -0.1) is 0 Å². The average molecular weight is 364 g/mol. The summed E-state index contributed by atoms with van der Waals surface area (Å²) >= 11 is 0. The van der Waals surface area contributed by atoms with Crippen LogP contribution >= 0.6 is 0 Å². The van der Waals surface area contributed by atoms with Gasteiger partial charge in [0.05, 0.1) is 5.97 Å². The molecule has 0 unspecified atom stereocenters. The summed E-state index contributed by atoms with van der Waals surface area (Å²) in [6.07, 6.45) is -2.72. The summed E-state index contributed by atoms with van der Waals surface area (Å²) in [5, 5.41) is 38.9. The van der Waals surface area contributed by atoms with Crippen molar-refractivity contribution in [2.45, 2.75) is 18.4 Å². The third-order valence-electron chi connectivity index (χ3n) is 1.25. The van der Waals surface area contributed by atoms with Crippen LogP contribution in [0.4, 0.5) is 0 Å². The van der Waals surface area contributed by atoms with Gasteiger partial charge in [-0.25, -0.2) is 0 Å². The maximum atomic E-state index is 10.1. The van der Waals surface area contributed by atoms with E-state index in [9.17, 15) is 29.7 Å². The third kappa shape index (κ3) is 9.07. The van der Waals surface area contributed by atoms with E-state index in [1.165, 1.54) is 0 Å². The van der Waals surface area contributed by atoms with Crippen LogP contribution in [0.5, 0.6) is 0 Å². The van der Waals surface area contributed by atoms with E-state index in [-0.39, 0.29) is 91.0 Å². The Morgan fingerprint density at radius 1 is 0.933 bits per heavy atom. The van der Waals surface area contributed by atoms with Gasteiger partial charge < -0.3 is 34.8 Å². The smallest absolute Gasteiger partial charge is 0.550 e. The number of aliphatic hydroxyl groups is 1. The van der Waals surface area contributed by atoms with Gasteiger partial charge in [-0.05, 0) is 0 Å². The van der Waals surface area contributed by atoms with Crippen molar-refractivity contribution in [3.63, 3.8) is 0 Å². The third-order valence-corrected chi connectivity index (χ3v) is 1.25. The molecule has 0 aliphatic rings. The maximum Gasteiger partial charge on any atom is 2.00 e. The Morgan fingerprint density at radius 3 is 1.33 bits per heavy atom. The molecular formula is C6H5O7Sr2+. The second-order valence-electron chi connectivity index (χ2n) is 2.42. The number of rotatable bonds is 5. The first kappa shape index (κ1) is 21.6. The molecule has 0 bridgehead atoms. The summed E-state index contributed by atoms with van der Waals surface area (Å²) in [4.78, 5) is 30.0. The van der Waals surface area contributed by atoms with Crippen molar-refractivity contribution in [3.8, 4) is 0 Å². The second-order valence-corrected chi connectivity index (χ2v) is 2.42. The number of hydrogen-bond donors (Lipinski definition) is 1. The van der Waals surface area contributed by atoms with Gasteiger partial charge in [-0.3, -0.25) is 0 Å². The predicted molar refractivity (Wildman–Crippen MR) is 40.7 cm³/mol. The van der Waals surface area contributed by atoms with Gasteiger partial charge in [-0.1, -0.05) is 0 Å². The fourth-order valence-corrected chi connectivity index (χ4v) is 0.684. The van der Waals surface area contributed by atoms with E-state index in [0.29, 0.717) is 0 Å². The molecule has 9 heteroatoms. The first-order valence-electron chi connectivity index (χ1n) is 3.11. The molecule has 74 valence electrons. The molecule has 0 aliphatic carbocycles. The van der Waals surface area contributed by atoms with Gasteiger partial charge in [0.25, 0.3) is 0 Å². The van der Waals surface area contributed by atoms with Crippen molar-refractivity contribution in [1.29, 1.82) is 0 Å². The Kier molecular flexibility index (Phi) is 13.5. The van der Waals surface area contributed by atoms with E-state index in [2.05, 4.69) is 0 Å². The van der Waals surface area contributed by atoms with Crippen LogP contribution in [0, 0.1) is 0 Å². The zero-order valence-corrected chi connectivity index (χ0v) is 14.7. The molecule has 0 fully saturated rings. The standard InChI is InChI=1S/C6H8O7.2Sr/c7-3(8)1-6(13,5(11)12)2-4(9)10;;/h13H,1-2H2,(H,7,8)(H,9,10)(H,11,12);;/q;2*+2/p-3. The number of carboxylic acids is 3. The SMILES string of the molecule is O=C([O-])CC(O)(CC(=O)[O-])C(=O)[O-].[Sr+2].[Sr+2]. The van der Waals surface area contributed by atoms with E-state index in [4.69, 9.17) is 5.11 Å². The van der Waals surface area contributed by atoms with Crippen LogP contribution < -0.4 is 15.3 Å². The first-order valence-corrected chi connectivity index (χ1v) is 3.11. The van der Waals surface area contributed by atoms with E-state index >= 15 is 0 Å². The van der Waals surface area contributed by atoms with Crippen LogP contribution in [0.15, 0.2) is 0 Å². The van der Waals surface area contributed by atoms with Crippen molar-refractivity contribution in [3.05, 3.63) is 0 Å². The normalized spacial score (nSPS) is 9.40. The van der Waals surface area contributed by atoms with E-state index in [1.807, 2.05) is 0 Å². The molecule has 0 aromatic heterocycles. The quantitative estimate of drug-likeness (QED) is 0.479. The number of carboxylic acid groups (broad SMARTS) is 3. The molecule has 7 nitrogen and oxygen atoms in total. The number of carbonyl (C=O) groups excluding carboxylic acids is 3. The fourth-order valence-electron chi connectivity index (χ4n) is 0.684. The average Bonchev–Trinajstić information content (AvgIpc) is 1.82. The molecule has 0 heterocycles. The molecule has 0 saturated carbocycles. The minimum Gasteiger partial charge on any atom is -0.550 e. The van der Waals surface area contributed by atoms with E-state index < -0.39 is 36.4 Å². The largest absolute Gasteiger partial charge is 2.00 e. The van der Waals surface area contributed by atoms with Crippen LogP contribution in [0.1, 0.15) is 12.8 Å². The van der Waals surface area contributed by atoms with E-state index in [0.717, 1.165) is 0 Å². The van der Waals surface area contributed by atoms with Crippen molar-refractivity contribution in [2.24, 2.45) is 0 Å². The summed E-state index contributed by atoms with van der Waals surface area (Å²) in [5.41, 5.74) is -2.97. The van der Waals surface area contributed by atoms with Crippen LogP contribution in [0.2, 0.25) is 0 Å². The van der Waals surface area contributed by atoms with Gasteiger partial charge in [0.2, 0.25) is 0 Å². The second kappa shape index (κ2) is 9.37. The molecular weight excluding hydrogens is 359 g/mol. The number of hydrogen-bond acceptors (Lipinski definition) is 7. The Labute approximate surface area is 159 Å². The van der Waals surface area contributed by atoms with Crippen LogP contribution in [0.25, 0.3) is 0 Å². The molecule has 0 aromatic rings. The minimum atomic E-state index is -2.97. The van der Waals surface area contributed by atoms with Crippen molar-refractivity contribution < 1.29 is 34.8 Å². The van der Waals surface area contributed by atoms with Gasteiger partial charge in [0.1, 0.15) is 5.60 Å². The molecule has 1 N–H and O–H groups in total. The zero-order valence-electron chi connectivity index (χ0n) is 7.73. The molecule has 0 aliphatic heterocycles. The Hall–Kier alpha value is 1.33. The number of aliphatic carboxylic acids is 3. The molecule has 0 spiro atoms. The predicted octanol–water partition coefficient (Wildman–Crippen LogP) is -6.01. The van der Waals surface area contributed by atoms with Crippen molar-refractivity contribution in [1.82, 2.24) is 0 Å². The summed E-state index contributed by atoms with van der Waals surface area (Å²) in [7, 11) is 0. The zero-order chi connectivity index (χ0) is 10.6. The minimum absolute atomic E-state index is 0. The van der Waals surface area contributed by atoms with Gasteiger partial charge in [0, 0.05) is 24.8 Å². The molecule has 0 rings (SSSR count). The summed E-state index contributed by atoms with van der Waals surface area (Å²) in [6, 6.07) is 0. The summed E-state index contributed by atoms with van der Waals surface area (Å²) in [6.45, 7) is 0. The van der Waals surface area contributed by atoms with Crippen LogP contribution in [-0.2, 0) is 14.4 Å². The molecule has 0 atom stereocenters. The Bertz CT molecular complexity index is 236. The van der Waals surface area contributed by atoms with Crippen LogP contribution in [0.3, 0.4) is 0 Å². The molecule has 0 amide bonds. The Morgan fingerprint density at radius 2 is 1.20 bits per heavy atom. The van der Waals surface area contributed by atoms with Gasteiger partial charge in [0.15, 0.2) is 0 Å². The van der Waals surface area contributed by atoms with Gasteiger partial charge in [-0.2, -0.15) is 0 Å². The number of carbonyl (C=O) groups is 3. The molecule has 0 aromatic carbocycles. The first-order chi connectivity index (χ1) is 5.78. The summed E-state index contributed by atoms with van der Waals surface area (Å²) < 4.78 is 0. The topological polar surface area (TPSA) is 141 Å². The fraction of sp³-hybridized carbons (Fsp3) is 0.500.